The molecule has 2 aliphatic rings. The molecule has 3 atom stereocenters. The number of benzene rings is 2. The quantitative estimate of drug-likeness (QED) is 0.531. The van der Waals surface area contributed by atoms with Crippen molar-refractivity contribution in [3.8, 4) is 23.3 Å². The number of carbonyl (C=O) groups is 1. The number of nitrogens with zero attached hydrogens (tertiary/aromatic N) is 3. The summed E-state index contributed by atoms with van der Waals surface area (Å²) in [5, 5.41) is 12.2. The summed E-state index contributed by atoms with van der Waals surface area (Å²) in [6.07, 6.45) is 3.78. The van der Waals surface area contributed by atoms with Crippen molar-refractivity contribution in [2.24, 2.45) is 0 Å². The van der Waals surface area contributed by atoms with Gasteiger partial charge in [-0.3, -0.25) is 4.90 Å². The molecule has 2 saturated heterocycles. The number of hydrogen-bond donors (Lipinski definition) is 1. The first-order valence-corrected chi connectivity index (χ1v) is 12.7. The van der Waals surface area contributed by atoms with Crippen LogP contribution in [0.15, 0.2) is 42.5 Å². The highest BCUT2D eigenvalue weighted by atomic mass is 16.5. The van der Waals surface area contributed by atoms with Crippen LogP contribution in [0.5, 0.6) is 17.2 Å². The number of nitrogens with one attached hydrogen (secondary N) is 1. The van der Waals surface area contributed by atoms with Crippen molar-refractivity contribution in [3.05, 3.63) is 53.6 Å². The highest BCUT2D eigenvalue weighted by molar-refractivity contribution is 5.75. The van der Waals surface area contributed by atoms with Gasteiger partial charge in [0.25, 0.3) is 0 Å². The zero-order valence-electron chi connectivity index (χ0n) is 21.4. The molecule has 2 aromatic carbocycles. The fourth-order valence-electron chi connectivity index (χ4n) is 5.37. The lowest BCUT2D eigenvalue weighted by Gasteiger charge is -2.41. The number of ether oxygens (including phenoxy) is 3. The minimum absolute atomic E-state index is 0.0776. The molecule has 3 unspecified atom stereocenters. The van der Waals surface area contributed by atoms with Crippen LogP contribution in [0.4, 0.5) is 4.79 Å². The molecule has 0 saturated carbocycles. The maximum atomic E-state index is 12.5. The maximum absolute atomic E-state index is 12.5. The smallest absolute Gasteiger partial charge is 0.317 e. The van der Waals surface area contributed by atoms with E-state index in [0.29, 0.717) is 41.4 Å². The van der Waals surface area contributed by atoms with Crippen molar-refractivity contribution in [1.82, 2.24) is 15.1 Å². The van der Waals surface area contributed by atoms with Crippen LogP contribution in [0.25, 0.3) is 0 Å². The first-order chi connectivity index (χ1) is 17.6. The monoisotopic (exact) mass is 492 g/mol. The third kappa shape index (κ3) is 5.85. The first kappa shape index (κ1) is 25.6. The molecule has 4 rings (SSSR count). The summed E-state index contributed by atoms with van der Waals surface area (Å²) >= 11 is 0. The van der Waals surface area contributed by atoms with Crippen LogP contribution in [0.3, 0.4) is 0 Å². The van der Waals surface area contributed by atoms with Crippen LogP contribution in [0, 0.1) is 11.3 Å². The second-order valence-electron chi connectivity index (χ2n) is 9.39. The van der Waals surface area contributed by atoms with Gasteiger partial charge in [-0.25, -0.2) is 4.79 Å². The van der Waals surface area contributed by atoms with E-state index >= 15 is 0 Å². The summed E-state index contributed by atoms with van der Waals surface area (Å²) in [6.45, 7) is 5.43. The fourth-order valence-corrected chi connectivity index (χ4v) is 5.37. The second kappa shape index (κ2) is 12.0. The number of fused-ring (bicyclic) bond motifs is 2. The van der Waals surface area contributed by atoms with Crippen molar-refractivity contribution in [1.29, 1.82) is 5.26 Å². The van der Waals surface area contributed by atoms with Crippen molar-refractivity contribution in [3.63, 3.8) is 0 Å². The van der Waals surface area contributed by atoms with Crippen molar-refractivity contribution in [2.45, 2.75) is 50.8 Å². The predicted octanol–water partition coefficient (Wildman–Crippen LogP) is 4.35. The Morgan fingerprint density at radius 1 is 1.08 bits per heavy atom. The van der Waals surface area contributed by atoms with E-state index in [2.05, 4.69) is 21.2 Å². The van der Waals surface area contributed by atoms with Gasteiger partial charge < -0.3 is 24.4 Å². The molecule has 2 aromatic rings. The Morgan fingerprint density at radius 3 is 2.39 bits per heavy atom. The van der Waals surface area contributed by atoms with Gasteiger partial charge in [-0.2, -0.15) is 5.26 Å². The van der Waals surface area contributed by atoms with E-state index in [1.807, 2.05) is 49.4 Å². The fraction of sp³-hybridized carbons (Fsp3) is 0.500. The lowest BCUT2D eigenvalue weighted by Crippen LogP contribution is -2.58. The minimum atomic E-state index is -0.163. The van der Waals surface area contributed by atoms with E-state index in [0.717, 1.165) is 50.9 Å². The predicted molar refractivity (Wildman–Crippen MR) is 137 cm³/mol. The van der Waals surface area contributed by atoms with Crippen LogP contribution in [-0.4, -0.2) is 68.3 Å². The Balaban J connectivity index is 1.40. The summed E-state index contributed by atoms with van der Waals surface area (Å²) < 4.78 is 17.2. The molecule has 8 heteroatoms. The molecule has 2 heterocycles. The average Bonchev–Trinajstić information content (AvgIpc) is 3.18. The molecule has 2 aliphatic heterocycles. The standard InChI is InChI=1S/C28H36N4O4/c1-4-30-28(33)32-22-11-12-23(32)19-31(18-22)15-5-6-25(21-9-7-20(17-29)8-10-21)36-24-13-14-26(34-2)27(16-24)35-3/h7-10,13-14,16,22-23,25H,4-6,11-12,15,18-19H2,1-3H3,(H,30,33). The van der Waals surface area contributed by atoms with E-state index in [1.165, 1.54) is 0 Å². The number of rotatable bonds is 10. The number of amides is 2. The number of methoxy groups -OCH3 is 2. The maximum Gasteiger partial charge on any atom is 0.317 e. The Kier molecular flexibility index (Phi) is 8.55. The Hall–Kier alpha value is -3.44. The topological polar surface area (TPSA) is 87.1 Å². The van der Waals surface area contributed by atoms with E-state index in [1.54, 1.807) is 14.2 Å². The SMILES string of the molecule is CCNC(=O)N1C2CCC1CN(CCCC(Oc1ccc(OC)c(OC)c1)c1ccc(C#N)cc1)C2. The Morgan fingerprint density at radius 2 is 1.78 bits per heavy atom. The number of carbonyl (C=O) groups excluding carboxylic acids is 1. The molecular weight excluding hydrogens is 456 g/mol. The zero-order valence-corrected chi connectivity index (χ0v) is 21.4. The van der Waals surface area contributed by atoms with Gasteiger partial charge in [-0.1, -0.05) is 12.1 Å². The van der Waals surface area contributed by atoms with E-state index in [4.69, 9.17) is 14.2 Å². The molecule has 192 valence electrons. The third-order valence-corrected chi connectivity index (χ3v) is 7.11. The third-order valence-electron chi connectivity index (χ3n) is 7.11. The molecule has 1 N–H and O–H groups in total. The summed E-state index contributed by atoms with van der Waals surface area (Å²) in [7, 11) is 3.22. The normalized spacial score (nSPS) is 19.9. The minimum Gasteiger partial charge on any atom is -0.493 e. The number of hydrogen-bond acceptors (Lipinski definition) is 6. The highest BCUT2D eigenvalue weighted by Gasteiger charge is 2.42. The molecule has 36 heavy (non-hydrogen) atoms. The summed E-state index contributed by atoms with van der Waals surface area (Å²) in [5.74, 6) is 1.98. The second-order valence-corrected chi connectivity index (χ2v) is 9.39. The number of urea groups is 1. The van der Waals surface area contributed by atoms with Gasteiger partial charge in [-0.05, 0) is 69.0 Å². The molecule has 0 spiro atoms. The number of nitriles is 1. The van der Waals surface area contributed by atoms with Crippen LogP contribution in [-0.2, 0) is 0 Å². The van der Waals surface area contributed by atoms with Crippen LogP contribution in [0.1, 0.15) is 49.8 Å². The van der Waals surface area contributed by atoms with Crippen molar-refractivity contribution < 1.29 is 19.0 Å². The summed E-state index contributed by atoms with van der Waals surface area (Å²) in [4.78, 5) is 17.0. The lowest BCUT2D eigenvalue weighted by atomic mass is 10.0. The average molecular weight is 493 g/mol. The largest absolute Gasteiger partial charge is 0.493 e. The van der Waals surface area contributed by atoms with Gasteiger partial charge in [0.05, 0.1) is 25.9 Å². The van der Waals surface area contributed by atoms with Gasteiger partial charge in [0, 0.05) is 37.8 Å². The highest BCUT2D eigenvalue weighted by Crippen LogP contribution is 2.35. The molecule has 0 radical (unpaired) electrons. The molecule has 2 fully saturated rings. The van der Waals surface area contributed by atoms with Crippen LogP contribution in [0.2, 0.25) is 0 Å². The zero-order chi connectivity index (χ0) is 25.5. The number of likely N-dealkylation sites (tertiary alicyclic amines) is 1. The Labute approximate surface area is 213 Å². The van der Waals surface area contributed by atoms with E-state index < -0.39 is 0 Å². The van der Waals surface area contributed by atoms with E-state index in [-0.39, 0.29) is 12.1 Å². The lowest BCUT2D eigenvalue weighted by molar-refractivity contribution is 0.0843. The summed E-state index contributed by atoms with van der Waals surface area (Å²) in [5.41, 5.74) is 1.66. The van der Waals surface area contributed by atoms with Crippen molar-refractivity contribution in [2.75, 3.05) is 40.4 Å². The van der Waals surface area contributed by atoms with Crippen LogP contribution < -0.4 is 19.5 Å². The molecule has 8 nitrogen and oxygen atoms in total. The molecule has 0 aromatic heterocycles. The Bertz CT molecular complexity index is 1050. The van der Waals surface area contributed by atoms with Gasteiger partial charge in [0.15, 0.2) is 11.5 Å². The molecular formula is C28H36N4O4. The van der Waals surface area contributed by atoms with Crippen LogP contribution >= 0.6 is 0 Å². The van der Waals surface area contributed by atoms with Gasteiger partial charge in [0.1, 0.15) is 11.9 Å². The molecule has 2 amide bonds. The first-order valence-electron chi connectivity index (χ1n) is 12.7. The molecule has 0 aliphatic carbocycles. The number of piperazine rings is 1. The van der Waals surface area contributed by atoms with Crippen molar-refractivity contribution >= 4 is 6.03 Å². The van der Waals surface area contributed by atoms with Gasteiger partial charge in [0.2, 0.25) is 0 Å². The molecule has 2 bridgehead atoms. The van der Waals surface area contributed by atoms with Gasteiger partial charge >= 0.3 is 6.03 Å². The van der Waals surface area contributed by atoms with Gasteiger partial charge in [-0.15, -0.1) is 0 Å². The van der Waals surface area contributed by atoms with E-state index in [9.17, 15) is 10.1 Å². The summed E-state index contributed by atoms with van der Waals surface area (Å²) in [6, 6.07) is 16.0.